The second-order valence-corrected chi connectivity index (χ2v) is 6.07. The monoisotopic (exact) mass is 431 g/mol. The predicted octanol–water partition coefficient (Wildman–Crippen LogP) is 3.13. The Morgan fingerprint density at radius 1 is 1.24 bits per heavy atom. The molecular weight excluding hydrogens is 415 g/mol. The molecule has 0 radical (unpaired) electrons. The lowest BCUT2D eigenvalue weighted by Gasteiger charge is -2.10. The molecule has 0 aromatic carbocycles. The van der Waals surface area contributed by atoms with Gasteiger partial charge in [0.15, 0.2) is 5.82 Å². The van der Waals surface area contributed by atoms with Crippen molar-refractivity contribution < 1.29 is 22.6 Å². The van der Waals surface area contributed by atoms with Gasteiger partial charge in [0.25, 0.3) is 0 Å². The molecule has 0 saturated heterocycles. The standard InChI is InChI=1S/C16H17ClF3N7O2/c1-2-28-7-10-12-13(27(26-10)5-6-29-8-16(18,19)20)14(25-15(17)24-12)23-11-3-4-21-9-22-11/h3-4,9H,2,5-8H2,1H3,(H,21,22,23,24,25). The first kappa shape index (κ1) is 21.1. The zero-order chi connectivity index (χ0) is 20.9. The van der Waals surface area contributed by atoms with E-state index in [1.165, 1.54) is 17.2 Å². The van der Waals surface area contributed by atoms with Crippen LogP contribution in [0, 0.1) is 0 Å². The third-order valence-corrected chi connectivity index (χ3v) is 3.78. The van der Waals surface area contributed by atoms with Gasteiger partial charge >= 0.3 is 6.18 Å². The Morgan fingerprint density at radius 2 is 2.07 bits per heavy atom. The summed E-state index contributed by atoms with van der Waals surface area (Å²) in [4.78, 5) is 16.3. The van der Waals surface area contributed by atoms with Crippen LogP contribution in [0.1, 0.15) is 12.6 Å². The Kier molecular flexibility index (Phi) is 6.77. The maximum atomic E-state index is 12.3. The summed E-state index contributed by atoms with van der Waals surface area (Å²) in [6, 6.07) is 1.62. The number of rotatable bonds is 9. The number of alkyl halides is 3. The van der Waals surface area contributed by atoms with E-state index in [2.05, 4.69) is 30.4 Å². The van der Waals surface area contributed by atoms with E-state index in [0.29, 0.717) is 35.0 Å². The summed E-state index contributed by atoms with van der Waals surface area (Å²) < 4.78 is 48.5. The summed E-state index contributed by atoms with van der Waals surface area (Å²) in [6.45, 7) is 0.931. The second-order valence-electron chi connectivity index (χ2n) is 5.73. The van der Waals surface area contributed by atoms with Crippen molar-refractivity contribution in [3.8, 4) is 0 Å². The van der Waals surface area contributed by atoms with Crippen LogP contribution in [0.4, 0.5) is 24.8 Å². The largest absolute Gasteiger partial charge is 0.411 e. The van der Waals surface area contributed by atoms with Crippen molar-refractivity contribution in [2.45, 2.75) is 26.3 Å². The summed E-state index contributed by atoms with van der Waals surface area (Å²) in [5, 5.41) is 7.38. The van der Waals surface area contributed by atoms with Crippen LogP contribution in [-0.2, 0) is 22.6 Å². The number of nitrogens with zero attached hydrogens (tertiary/aromatic N) is 6. The summed E-state index contributed by atoms with van der Waals surface area (Å²) in [6.07, 6.45) is -1.51. The number of ether oxygens (including phenoxy) is 2. The first-order valence-corrected chi connectivity index (χ1v) is 8.93. The summed E-state index contributed by atoms with van der Waals surface area (Å²) in [5.41, 5.74) is 1.34. The normalized spacial score (nSPS) is 11.9. The van der Waals surface area contributed by atoms with Crippen molar-refractivity contribution in [3.05, 3.63) is 29.6 Å². The minimum absolute atomic E-state index is 0.0281. The quantitative estimate of drug-likeness (QED) is 0.407. The van der Waals surface area contributed by atoms with Gasteiger partial charge in [0.1, 0.15) is 35.5 Å². The molecule has 0 aliphatic carbocycles. The first-order chi connectivity index (χ1) is 13.9. The molecule has 0 aliphatic rings. The fraction of sp³-hybridized carbons (Fsp3) is 0.438. The molecule has 1 N–H and O–H groups in total. The third-order valence-electron chi connectivity index (χ3n) is 3.61. The molecule has 156 valence electrons. The maximum Gasteiger partial charge on any atom is 0.411 e. The van der Waals surface area contributed by atoms with E-state index in [1.807, 2.05) is 6.92 Å². The average Bonchev–Trinajstić information content (AvgIpc) is 3.01. The van der Waals surface area contributed by atoms with Gasteiger partial charge in [0.2, 0.25) is 5.28 Å². The number of hydrogen-bond donors (Lipinski definition) is 1. The molecular formula is C16H17ClF3N7O2. The van der Waals surface area contributed by atoms with Gasteiger partial charge in [-0.3, -0.25) is 4.68 Å². The van der Waals surface area contributed by atoms with E-state index in [4.69, 9.17) is 21.1 Å². The zero-order valence-corrected chi connectivity index (χ0v) is 16.0. The molecule has 0 fully saturated rings. The van der Waals surface area contributed by atoms with Crippen LogP contribution >= 0.6 is 11.6 Å². The molecule has 13 heteroatoms. The van der Waals surface area contributed by atoms with E-state index in [1.54, 1.807) is 6.07 Å². The molecule has 0 amide bonds. The van der Waals surface area contributed by atoms with E-state index in [9.17, 15) is 13.2 Å². The Hall–Kier alpha value is -2.57. The number of aromatic nitrogens is 6. The van der Waals surface area contributed by atoms with E-state index in [-0.39, 0.29) is 25.0 Å². The molecule has 3 heterocycles. The van der Waals surface area contributed by atoms with Crippen LogP contribution in [0.25, 0.3) is 11.0 Å². The topological polar surface area (TPSA) is 99.9 Å². The summed E-state index contributed by atoms with van der Waals surface area (Å²) in [7, 11) is 0. The lowest BCUT2D eigenvalue weighted by molar-refractivity contribution is -0.174. The highest BCUT2D eigenvalue weighted by atomic mass is 35.5. The van der Waals surface area contributed by atoms with Crippen LogP contribution in [0.5, 0.6) is 0 Å². The Bertz CT molecular complexity index is 953. The zero-order valence-electron chi connectivity index (χ0n) is 15.3. The highest BCUT2D eigenvalue weighted by molar-refractivity contribution is 6.28. The maximum absolute atomic E-state index is 12.3. The molecule has 3 aromatic heterocycles. The Labute approximate surface area is 168 Å². The molecule has 0 bridgehead atoms. The highest BCUT2D eigenvalue weighted by Crippen LogP contribution is 2.27. The Morgan fingerprint density at radius 3 is 2.76 bits per heavy atom. The van der Waals surface area contributed by atoms with Gasteiger partial charge in [-0.25, -0.2) is 15.0 Å². The van der Waals surface area contributed by atoms with Crippen LogP contribution in [0.2, 0.25) is 5.28 Å². The predicted molar refractivity (Wildman–Crippen MR) is 97.9 cm³/mol. The number of nitrogens with one attached hydrogen (secondary N) is 1. The van der Waals surface area contributed by atoms with Crippen LogP contribution in [-0.4, -0.2) is 55.7 Å². The van der Waals surface area contributed by atoms with Crippen molar-refractivity contribution in [1.82, 2.24) is 29.7 Å². The second kappa shape index (κ2) is 9.29. The molecule has 0 unspecified atom stereocenters. The fourth-order valence-corrected chi connectivity index (χ4v) is 2.66. The molecule has 0 saturated carbocycles. The van der Waals surface area contributed by atoms with E-state index < -0.39 is 12.8 Å². The lowest BCUT2D eigenvalue weighted by atomic mass is 10.3. The smallest absolute Gasteiger partial charge is 0.375 e. The van der Waals surface area contributed by atoms with E-state index in [0.717, 1.165) is 0 Å². The van der Waals surface area contributed by atoms with Crippen molar-refractivity contribution >= 4 is 34.3 Å². The minimum Gasteiger partial charge on any atom is -0.375 e. The van der Waals surface area contributed by atoms with Gasteiger partial charge in [-0.05, 0) is 24.6 Å². The van der Waals surface area contributed by atoms with Crippen molar-refractivity contribution in [3.63, 3.8) is 0 Å². The molecule has 0 spiro atoms. The van der Waals surface area contributed by atoms with Gasteiger partial charge in [-0.15, -0.1) is 0 Å². The highest BCUT2D eigenvalue weighted by Gasteiger charge is 2.27. The van der Waals surface area contributed by atoms with Gasteiger partial charge in [-0.2, -0.15) is 23.3 Å². The molecule has 9 nitrogen and oxygen atoms in total. The van der Waals surface area contributed by atoms with Gasteiger partial charge in [0.05, 0.1) is 19.8 Å². The first-order valence-electron chi connectivity index (χ1n) is 8.55. The minimum atomic E-state index is -4.40. The average molecular weight is 432 g/mol. The third kappa shape index (κ3) is 5.71. The molecule has 3 rings (SSSR count). The van der Waals surface area contributed by atoms with Gasteiger partial charge in [0, 0.05) is 12.8 Å². The van der Waals surface area contributed by atoms with Crippen LogP contribution in [0.3, 0.4) is 0 Å². The van der Waals surface area contributed by atoms with Gasteiger partial charge in [-0.1, -0.05) is 0 Å². The Balaban J connectivity index is 1.94. The van der Waals surface area contributed by atoms with Gasteiger partial charge < -0.3 is 14.8 Å². The van der Waals surface area contributed by atoms with Crippen molar-refractivity contribution in [2.24, 2.45) is 0 Å². The fourth-order valence-electron chi connectivity index (χ4n) is 2.49. The van der Waals surface area contributed by atoms with E-state index >= 15 is 0 Å². The number of hydrogen-bond acceptors (Lipinski definition) is 8. The summed E-state index contributed by atoms with van der Waals surface area (Å²) in [5.74, 6) is 0.744. The molecule has 0 atom stereocenters. The number of halogens is 4. The van der Waals surface area contributed by atoms with Crippen molar-refractivity contribution in [1.29, 1.82) is 0 Å². The SMILES string of the molecule is CCOCc1nn(CCOCC(F)(F)F)c2c(Nc3ccncn3)nc(Cl)nc12. The van der Waals surface area contributed by atoms with Crippen LogP contribution < -0.4 is 5.32 Å². The van der Waals surface area contributed by atoms with Crippen molar-refractivity contribution in [2.75, 3.05) is 25.1 Å². The molecule has 0 aliphatic heterocycles. The molecule has 29 heavy (non-hydrogen) atoms. The molecule has 3 aromatic rings. The number of anilines is 2. The lowest BCUT2D eigenvalue weighted by Crippen LogP contribution is -2.19. The summed E-state index contributed by atoms with van der Waals surface area (Å²) >= 11 is 6.06. The van der Waals surface area contributed by atoms with Crippen LogP contribution in [0.15, 0.2) is 18.6 Å². The number of fused-ring (bicyclic) bond motifs is 1.